The van der Waals surface area contributed by atoms with Gasteiger partial charge in [0.2, 0.25) is 0 Å². The highest BCUT2D eigenvalue weighted by Gasteiger charge is 2.40. The Morgan fingerprint density at radius 3 is 2.31 bits per heavy atom. The average Bonchev–Trinajstić information content (AvgIpc) is 3.47. The predicted octanol–water partition coefficient (Wildman–Crippen LogP) is 3.21. The van der Waals surface area contributed by atoms with Crippen molar-refractivity contribution in [2.75, 3.05) is 13.2 Å². The number of carbonyl (C=O) groups excluding carboxylic acids is 1. The van der Waals surface area contributed by atoms with Crippen LogP contribution in [0.3, 0.4) is 0 Å². The standard InChI is InChI=1S/C27H35Cl3O8S/c28-15-8-14(9-16(29)10-15)4-6-19-18(20(30)11-21(19)32)3-1-2-17-5-7-24(39-17)27(37)38-13-23(34)26(36)25(35)22(33)12-31/h5,7-10,18-23,25-26,31-36H,1-4,6,11-13H2/t18-,19-,20-,21-,22+,23-,25-,26-/m1/s1. The average molecular weight is 626 g/mol. The maximum atomic E-state index is 12.4. The smallest absolute Gasteiger partial charge is 0.348 e. The number of aliphatic hydroxyl groups excluding tert-OH is 6. The van der Waals surface area contributed by atoms with Gasteiger partial charge in [-0.1, -0.05) is 23.2 Å². The summed E-state index contributed by atoms with van der Waals surface area (Å²) < 4.78 is 5.04. The SMILES string of the molecule is O=C(OC[C@@H](O)[C@@H](O)[C@H](O)[C@@H](O)CO)c1ccc(CCC[C@@H]2[C@@H](CCc3cc(Cl)cc(Cl)c3)[C@H](O)C[C@H]2Cl)s1. The first-order valence-electron chi connectivity index (χ1n) is 12.9. The fourth-order valence-electron chi connectivity index (χ4n) is 5.05. The lowest BCUT2D eigenvalue weighted by Crippen LogP contribution is -2.47. The van der Waals surface area contributed by atoms with Gasteiger partial charge in [-0.05, 0) is 86.3 Å². The Kier molecular flexibility index (Phi) is 12.8. The molecular formula is C27H35Cl3O8S. The van der Waals surface area contributed by atoms with E-state index in [2.05, 4.69) is 0 Å². The van der Waals surface area contributed by atoms with Gasteiger partial charge in [0.15, 0.2) is 0 Å². The van der Waals surface area contributed by atoms with E-state index in [1.807, 2.05) is 18.2 Å². The van der Waals surface area contributed by atoms with Crippen LogP contribution >= 0.6 is 46.1 Å². The van der Waals surface area contributed by atoms with Crippen LogP contribution in [0.1, 0.15) is 45.8 Å². The number of ether oxygens (including phenoxy) is 1. The molecule has 0 saturated heterocycles. The molecule has 12 heteroatoms. The molecule has 218 valence electrons. The van der Waals surface area contributed by atoms with Crippen LogP contribution in [0.2, 0.25) is 10.0 Å². The van der Waals surface area contributed by atoms with Gasteiger partial charge in [-0.2, -0.15) is 0 Å². The van der Waals surface area contributed by atoms with Gasteiger partial charge in [-0.15, -0.1) is 22.9 Å². The van der Waals surface area contributed by atoms with Gasteiger partial charge in [0.05, 0.1) is 12.7 Å². The molecule has 1 saturated carbocycles. The molecule has 1 heterocycles. The molecule has 1 aliphatic rings. The summed E-state index contributed by atoms with van der Waals surface area (Å²) in [4.78, 5) is 13.7. The third-order valence-corrected chi connectivity index (χ3v) is 9.26. The van der Waals surface area contributed by atoms with Crippen molar-refractivity contribution in [2.24, 2.45) is 11.8 Å². The predicted molar refractivity (Wildman–Crippen MR) is 151 cm³/mol. The number of aliphatic hydroxyl groups is 6. The van der Waals surface area contributed by atoms with Crippen LogP contribution in [0.4, 0.5) is 0 Å². The molecule has 1 aromatic carbocycles. The molecule has 0 aliphatic heterocycles. The van der Waals surface area contributed by atoms with Gasteiger partial charge in [-0.25, -0.2) is 4.79 Å². The molecule has 39 heavy (non-hydrogen) atoms. The number of rotatable bonds is 14. The third kappa shape index (κ3) is 9.26. The molecule has 1 aliphatic carbocycles. The zero-order valence-electron chi connectivity index (χ0n) is 21.2. The number of hydrogen-bond donors (Lipinski definition) is 6. The van der Waals surface area contributed by atoms with Crippen molar-refractivity contribution in [2.45, 2.75) is 74.4 Å². The number of hydrogen-bond acceptors (Lipinski definition) is 9. The fraction of sp³-hybridized carbons (Fsp3) is 0.593. The molecule has 2 aromatic rings. The second-order valence-electron chi connectivity index (χ2n) is 10.0. The number of aryl methyl sites for hydroxylation is 2. The van der Waals surface area contributed by atoms with Crippen molar-refractivity contribution < 1.29 is 40.2 Å². The van der Waals surface area contributed by atoms with Crippen LogP contribution in [-0.4, -0.2) is 85.7 Å². The van der Waals surface area contributed by atoms with E-state index in [0.29, 0.717) is 21.3 Å². The van der Waals surface area contributed by atoms with Gasteiger partial charge >= 0.3 is 5.97 Å². The number of alkyl halides is 1. The highest BCUT2D eigenvalue weighted by Crippen LogP contribution is 2.42. The van der Waals surface area contributed by atoms with Crippen LogP contribution in [0.15, 0.2) is 30.3 Å². The van der Waals surface area contributed by atoms with Crippen molar-refractivity contribution in [3.63, 3.8) is 0 Å². The third-order valence-electron chi connectivity index (χ3n) is 7.20. The Labute approximate surface area is 246 Å². The molecule has 0 radical (unpaired) electrons. The molecular weight excluding hydrogens is 591 g/mol. The fourth-order valence-corrected chi connectivity index (χ4v) is 7.06. The van der Waals surface area contributed by atoms with Crippen molar-refractivity contribution in [3.05, 3.63) is 55.7 Å². The minimum absolute atomic E-state index is 0.0675. The Morgan fingerprint density at radius 2 is 1.64 bits per heavy atom. The number of carbonyl (C=O) groups is 1. The highest BCUT2D eigenvalue weighted by molar-refractivity contribution is 7.13. The zero-order valence-corrected chi connectivity index (χ0v) is 24.3. The number of halogens is 3. The van der Waals surface area contributed by atoms with Crippen LogP contribution in [0, 0.1) is 11.8 Å². The van der Waals surface area contributed by atoms with Crippen molar-refractivity contribution in [1.29, 1.82) is 0 Å². The Balaban J connectivity index is 1.46. The maximum Gasteiger partial charge on any atom is 0.348 e. The van der Waals surface area contributed by atoms with Crippen LogP contribution in [0.5, 0.6) is 0 Å². The van der Waals surface area contributed by atoms with E-state index < -0.39 is 49.7 Å². The minimum atomic E-state index is -1.80. The molecule has 0 bridgehead atoms. The summed E-state index contributed by atoms with van der Waals surface area (Å²) in [7, 11) is 0. The topological polar surface area (TPSA) is 148 Å². The Bertz CT molecular complexity index is 1050. The molecule has 1 fully saturated rings. The summed E-state index contributed by atoms with van der Waals surface area (Å²) >= 11 is 20.1. The summed E-state index contributed by atoms with van der Waals surface area (Å²) in [6.45, 7) is -1.39. The van der Waals surface area contributed by atoms with E-state index in [1.165, 1.54) is 11.3 Å². The molecule has 3 rings (SSSR count). The van der Waals surface area contributed by atoms with Crippen LogP contribution in [-0.2, 0) is 17.6 Å². The first-order valence-corrected chi connectivity index (χ1v) is 14.9. The van der Waals surface area contributed by atoms with E-state index in [1.54, 1.807) is 12.1 Å². The maximum absolute atomic E-state index is 12.4. The summed E-state index contributed by atoms with van der Waals surface area (Å²) in [6.07, 6.45) is -2.88. The van der Waals surface area contributed by atoms with Gasteiger partial charge in [0, 0.05) is 20.3 Å². The lowest BCUT2D eigenvalue weighted by atomic mass is 9.85. The Morgan fingerprint density at radius 1 is 0.974 bits per heavy atom. The second-order valence-corrected chi connectivity index (χ2v) is 12.6. The molecule has 8 atom stereocenters. The van der Waals surface area contributed by atoms with E-state index in [-0.39, 0.29) is 17.2 Å². The summed E-state index contributed by atoms with van der Waals surface area (Å²) in [5.74, 6) is -0.457. The quantitative estimate of drug-likeness (QED) is 0.139. The van der Waals surface area contributed by atoms with Crippen molar-refractivity contribution in [1.82, 2.24) is 0 Å². The number of esters is 1. The molecule has 0 spiro atoms. The molecule has 1 aromatic heterocycles. The number of benzene rings is 1. The first kappa shape index (κ1) is 32.5. The van der Waals surface area contributed by atoms with Crippen LogP contribution in [0.25, 0.3) is 0 Å². The van der Waals surface area contributed by atoms with Crippen LogP contribution < -0.4 is 0 Å². The van der Waals surface area contributed by atoms with E-state index in [4.69, 9.17) is 44.6 Å². The Hall–Kier alpha value is -0.980. The lowest BCUT2D eigenvalue weighted by molar-refractivity contribution is -0.124. The van der Waals surface area contributed by atoms with Gasteiger partial charge in [-0.3, -0.25) is 0 Å². The highest BCUT2D eigenvalue weighted by atomic mass is 35.5. The largest absolute Gasteiger partial charge is 0.459 e. The van der Waals surface area contributed by atoms with E-state index in [0.717, 1.165) is 42.5 Å². The normalized spacial score (nSPS) is 24.3. The molecule has 0 amide bonds. The molecule has 8 nitrogen and oxygen atoms in total. The van der Waals surface area contributed by atoms with E-state index >= 15 is 0 Å². The second kappa shape index (κ2) is 15.3. The minimum Gasteiger partial charge on any atom is -0.459 e. The van der Waals surface area contributed by atoms with Gasteiger partial charge in [0.1, 0.15) is 35.9 Å². The van der Waals surface area contributed by atoms with Crippen molar-refractivity contribution in [3.8, 4) is 0 Å². The summed E-state index contributed by atoms with van der Waals surface area (Å²) in [5, 5.41) is 59.3. The van der Waals surface area contributed by atoms with Gasteiger partial charge < -0.3 is 35.4 Å². The lowest BCUT2D eigenvalue weighted by Gasteiger charge is -2.25. The summed E-state index contributed by atoms with van der Waals surface area (Å²) in [5.41, 5.74) is 1.02. The molecule has 6 N–H and O–H groups in total. The first-order chi connectivity index (χ1) is 18.5. The van der Waals surface area contributed by atoms with Crippen molar-refractivity contribution >= 4 is 52.1 Å². The zero-order chi connectivity index (χ0) is 28.7. The number of thiophene rings is 1. The summed E-state index contributed by atoms with van der Waals surface area (Å²) in [6, 6.07) is 8.91. The van der Waals surface area contributed by atoms with Gasteiger partial charge in [0.25, 0.3) is 0 Å². The van der Waals surface area contributed by atoms with E-state index in [9.17, 15) is 30.3 Å². The monoisotopic (exact) mass is 624 g/mol. The molecule has 0 unspecified atom stereocenters.